The molecule has 0 aliphatic carbocycles. The maximum Gasteiger partial charge on any atom is 0.336 e. The van der Waals surface area contributed by atoms with E-state index in [0.717, 1.165) is 42.6 Å². The lowest BCUT2D eigenvalue weighted by molar-refractivity contribution is 0.0500. The molecule has 0 spiro atoms. The number of benzene rings is 2. The molecule has 3 rings (SSSR count). The molecule has 0 radical (unpaired) electrons. The zero-order valence-electron chi connectivity index (χ0n) is 11.7. The molecular weight excluding hydrogens is 268 g/mol. The van der Waals surface area contributed by atoms with Gasteiger partial charge in [-0.15, -0.1) is 0 Å². The van der Waals surface area contributed by atoms with Gasteiger partial charge in [0.1, 0.15) is 5.75 Å². The van der Waals surface area contributed by atoms with Gasteiger partial charge in [-0.3, -0.25) is 0 Å². The van der Waals surface area contributed by atoms with Crippen LogP contribution in [0, 0.1) is 5.92 Å². The van der Waals surface area contributed by atoms with Crippen molar-refractivity contribution in [3.8, 4) is 5.75 Å². The van der Waals surface area contributed by atoms with Crippen LogP contribution in [0.5, 0.6) is 5.75 Å². The number of aromatic carboxylic acids is 1. The number of carboxylic acid groups (broad SMARTS) is 1. The van der Waals surface area contributed by atoms with E-state index in [1.54, 1.807) is 12.1 Å². The largest absolute Gasteiger partial charge is 0.493 e. The fourth-order valence-corrected chi connectivity index (χ4v) is 2.70. The fraction of sp³-hybridized carbons (Fsp3) is 0.353. The molecule has 0 unspecified atom stereocenters. The second kappa shape index (κ2) is 6.14. The quantitative estimate of drug-likeness (QED) is 0.936. The van der Waals surface area contributed by atoms with E-state index in [2.05, 4.69) is 0 Å². The number of hydrogen-bond acceptors (Lipinski definition) is 3. The van der Waals surface area contributed by atoms with E-state index >= 15 is 0 Å². The summed E-state index contributed by atoms with van der Waals surface area (Å²) >= 11 is 0. The van der Waals surface area contributed by atoms with Crippen molar-refractivity contribution in [1.82, 2.24) is 0 Å². The SMILES string of the molecule is O=C(O)c1ccc(OCC2CCOCC2)c2ccccc12. The summed E-state index contributed by atoms with van der Waals surface area (Å²) in [6.07, 6.45) is 2.04. The summed E-state index contributed by atoms with van der Waals surface area (Å²) in [7, 11) is 0. The molecule has 1 N–H and O–H groups in total. The highest BCUT2D eigenvalue weighted by Gasteiger charge is 2.16. The number of carbonyl (C=O) groups is 1. The molecule has 0 amide bonds. The van der Waals surface area contributed by atoms with Crippen LogP contribution in [0.3, 0.4) is 0 Å². The smallest absolute Gasteiger partial charge is 0.336 e. The summed E-state index contributed by atoms with van der Waals surface area (Å²) < 4.78 is 11.3. The highest BCUT2D eigenvalue weighted by atomic mass is 16.5. The number of hydrogen-bond donors (Lipinski definition) is 1. The van der Waals surface area contributed by atoms with Crippen LogP contribution in [-0.4, -0.2) is 30.9 Å². The van der Waals surface area contributed by atoms with E-state index in [4.69, 9.17) is 9.47 Å². The predicted molar refractivity (Wildman–Crippen MR) is 79.9 cm³/mol. The molecule has 0 saturated carbocycles. The van der Waals surface area contributed by atoms with Gasteiger partial charge in [-0.2, -0.15) is 0 Å². The predicted octanol–water partition coefficient (Wildman–Crippen LogP) is 3.34. The first kappa shape index (κ1) is 13.9. The van der Waals surface area contributed by atoms with Crippen molar-refractivity contribution in [3.05, 3.63) is 42.0 Å². The molecule has 1 fully saturated rings. The monoisotopic (exact) mass is 286 g/mol. The minimum atomic E-state index is -0.915. The summed E-state index contributed by atoms with van der Waals surface area (Å²) in [6.45, 7) is 2.25. The van der Waals surface area contributed by atoms with Crippen molar-refractivity contribution in [2.45, 2.75) is 12.8 Å². The zero-order valence-corrected chi connectivity index (χ0v) is 11.7. The van der Waals surface area contributed by atoms with Crippen molar-refractivity contribution < 1.29 is 19.4 Å². The van der Waals surface area contributed by atoms with Crippen molar-refractivity contribution >= 4 is 16.7 Å². The molecule has 2 aromatic carbocycles. The van der Waals surface area contributed by atoms with Crippen LogP contribution in [0.15, 0.2) is 36.4 Å². The Labute approximate surface area is 123 Å². The molecule has 110 valence electrons. The molecule has 1 saturated heterocycles. The van der Waals surface area contributed by atoms with E-state index < -0.39 is 5.97 Å². The molecule has 1 aliphatic rings. The van der Waals surface area contributed by atoms with E-state index in [0.29, 0.717) is 18.1 Å². The van der Waals surface area contributed by atoms with Crippen LogP contribution in [0.1, 0.15) is 23.2 Å². The molecule has 4 heteroatoms. The van der Waals surface area contributed by atoms with Gasteiger partial charge < -0.3 is 14.6 Å². The second-order valence-electron chi connectivity index (χ2n) is 5.33. The van der Waals surface area contributed by atoms with Gasteiger partial charge in [0.25, 0.3) is 0 Å². The van der Waals surface area contributed by atoms with Crippen LogP contribution >= 0.6 is 0 Å². The highest BCUT2D eigenvalue weighted by molar-refractivity contribution is 6.05. The summed E-state index contributed by atoms with van der Waals surface area (Å²) in [5.41, 5.74) is 0.309. The van der Waals surface area contributed by atoms with Gasteiger partial charge in [0.2, 0.25) is 0 Å². The molecule has 0 bridgehead atoms. The fourth-order valence-electron chi connectivity index (χ4n) is 2.70. The Bertz CT molecular complexity index is 644. The van der Waals surface area contributed by atoms with Crippen molar-refractivity contribution in [2.75, 3.05) is 19.8 Å². The van der Waals surface area contributed by atoms with E-state index in [-0.39, 0.29) is 0 Å². The standard InChI is InChI=1S/C17H18O4/c18-17(19)15-5-6-16(14-4-2-1-3-13(14)15)21-11-12-7-9-20-10-8-12/h1-6,12H,7-11H2,(H,18,19). The van der Waals surface area contributed by atoms with Gasteiger partial charge >= 0.3 is 5.97 Å². The van der Waals surface area contributed by atoms with Crippen LogP contribution in [0.4, 0.5) is 0 Å². The van der Waals surface area contributed by atoms with E-state index in [1.165, 1.54) is 0 Å². The lowest BCUT2D eigenvalue weighted by atomic mass is 10.0. The Balaban J connectivity index is 1.85. The van der Waals surface area contributed by atoms with Crippen molar-refractivity contribution in [3.63, 3.8) is 0 Å². The molecule has 2 aromatic rings. The number of carboxylic acids is 1. The van der Waals surface area contributed by atoms with Crippen LogP contribution < -0.4 is 4.74 Å². The number of ether oxygens (including phenoxy) is 2. The molecular formula is C17H18O4. The lowest BCUT2D eigenvalue weighted by Gasteiger charge is -2.22. The van der Waals surface area contributed by atoms with Gasteiger partial charge in [0.05, 0.1) is 12.2 Å². The van der Waals surface area contributed by atoms with Gasteiger partial charge in [-0.1, -0.05) is 24.3 Å². The van der Waals surface area contributed by atoms with E-state index in [1.807, 2.05) is 24.3 Å². The zero-order chi connectivity index (χ0) is 14.7. The normalized spacial score (nSPS) is 16.0. The Kier molecular flexibility index (Phi) is 4.06. The average molecular weight is 286 g/mol. The lowest BCUT2D eigenvalue weighted by Crippen LogP contribution is -2.21. The minimum Gasteiger partial charge on any atom is -0.493 e. The van der Waals surface area contributed by atoms with Crippen molar-refractivity contribution in [2.24, 2.45) is 5.92 Å². The molecule has 1 heterocycles. The van der Waals surface area contributed by atoms with Crippen LogP contribution in [-0.2, 0) is 4.74 Å². The highest BCUT2D eigenvalue weighted by Crippen LogP contribution is 2.29. The molecule has 1 aliphatic heterocycles. The number of rotatable bonds is 4. The molecule has 0 atom stereocenters. The van der Waals surface area contributed by atoms with Crippen molar-refractivity contribution in [1.29, 1.82) is 0 Å². The summed E-state index contributed by atoms with van der Waals surface area (Å²) in [4.78, 5) is 11.3. The molecule has 0 aromatic heterocycles. The summed E-state index contributed by atoms with van der Waals surface area (Å²) in [6, 6.07) is 10.8. The van der Waals surface area contributed by atoms with Gasteiger partial charge in [-0.05, 0) is 36.3 Å². The Hall–Kier alpha value is -2.07. The van der Waals surface area contributed by atoms with Gasteiger partial charge in [-0.25, -0.2) is 4.79 Å². The maximum absolute atomic E-state index is 11.3. The first-order chi connectivity index (χ1) is 10.3. The molecule has 21 heavy (non-hydrogen) atoms. The first-order valence-electron chi connectivity index (χ1n) is 7.21. The average Bonchev–Trinajstić information content (AvgIpc) is 2.53. The summed E-state index contributed by atoms with van der Waals surface area (Å²) in [5, 5.41) is 10.8. The van der Waals surface area contributed by atoms with E-state index in [9.17, 15) is 9.90 Å². The third-order valence-corrected chi connectivity index (χ3v) is 3.93. The third kappa shape index (κ3) is 3.00. The van der Waals surface area contributed by atoms with Gasteiger partial charge in [0, 0.05) is 18.6 Å². The minimum absolute atomic E-state index is 0.309. The van der Waals surface area contributed by atoms with Gasteiger partial charge in [0.15, 0.2) is 0 Å². The number of fused-ring (bicyclic) bond motifs is 1. The third-order valence-electron chi connectivity index (χ3n) is 3.93. The topological polar surface area (TPSA) is 55.8 Å². The summed E-state index contributed by atoms with van der Waals surface area (Å²) in [5.74, 6) is 0.348. The van der Waals surface area contributed by atoms with Crippen LogP contribution in [0.2, 0.25) is 0 Å². The second-order valence-corrected chi connectivity index (χ2v) is 5.33. The van der Waals surface area contributed by atoms with Crippen LogP contribution in [0.25, 0.3) is 10.8 Å². The molecule has 4 nitrogen and oxygen atoms in total. The maximum atomic E-state index is 11.3. The Morgan fingerprint density at radius 2 is 1.86 bits per heavy atom. The first-order valence-corrected chi connectivity index (χ1v) is 7.21. The Morgan fingerprint density at radius 1 is 1.14 bits per heavy atom. The Morgan fingerprint density at radius 3 is 2.57 bits per heavy atom.